The van der Waals surface area contributed by atoms with E-state index in [1.165, 1.54) is 107 Å². The Kier molecular flexibility index (Phi) is 11.1. The van der Waals surface area contributed by atoms with E-state index in [1.807, 2.05) is 0 Å². The van der Waals surface area contributed by atoms with E-state index in [0.717, 1.165) is 11.4 Å². The van der Waals surface area contributed by atoms with Crippen LogP contribution in [0.25, 0.3) is 66.8 Å². The van der Waals surface area contributed by atoms with E-state index in [1.54, 1.807) is 0 Å². The third-order valence-electron chi connectivity index (χ3n) is 15.5. The molecule has 0 aromatic heterocycles. The van der Waals surface area contributed by atoms with Crippen molar-refractivity contribution in [2.75, 3.05) is 9.80 Å². The van der Waals surface area contributed by atoms with Crippen LogP contribution >= 0.6 is 0 Å². The normalized spacial score (nSPS) is 12.9. The molecule has 12 aromatic rings. The zero-order chi connectivity index (χ0) is 49.7. The maximum absolute atomic E-state index is 4.46. The van der Waals surface area contributed by atoms with Crippen molar-refractivity contribution in [2.45, 2.75) is 0 Å². The number of hydrogen-bond acceptors (Lipinski definition) is 2. The second kappa shape index (κ2) is 18.7. The minimum absolute atomic E-state index is 1.13. The van der Waals surface area contributed by atoms with Gasteiger partial charge in [0, 0.05) is 0 Å². The van der Waals surface area contributed by atoms with Gasteiger partial charge >= 0.3 is 445 Å². The van der Waals surface area contributed by atoms with Crippen molar-refractivity contribution in [1.29, 1.82) is 0 Å². The fraction of sp³-hybridized carbons (Fsp3) is 0. The zero-order valence-corrected chi connectivity index (χ0v) is 43.4. The molecule has 2 nitrogen and oxygen atoms in total. The summed E-state index contributed by atoms with van der Waals surface area (Å²) in [5, 5.41) is 0. The molecule has 0 unspecified atom stereocenters. The first-order valence-electron chi connectivity index (χ1n) is 25.9. The average Bonchev–Trinajstić information content (AvgIpc) is 3.61. The Balaban J connectivity index is 1.18. The average molecular weight is 1020 g/mol. The molecule has 1 spiro atoms. The topological polar surface area (TPSA) is 6.48 Å². The molecule has 0 atom stereocenters. The van der Waals surface area contributed by atoms with Gasteiger partial charge in [-0.15, -0.1) is 0 Å². The third-order valence-corrected chi connectivity index (χ3v) is 25.6. The van der Waals surface area contributed by atoms with E-state index in [-0.39, 0.29) is 0 Å². The van der Waals surface area contributed by atoms with Gasteiger partial charge in [-0.3, -0.25) is 0 Å². The van der Waals surface area contributed by atoms with Crippen molar-refractivity contribution in [3.8, 4) is 66.8 Å². The molecule has 0 aliphatic carbocycles. The van der Waals surface area contributed by atoms with Gasteiger partial charge in [-0.05, 0) is 0 Å². The van der Waals surface area contributed by atoms with E-state index >= 15 is 0 Å². The summed E-state index contributed by atoms with van der Waals surface area (Å²) >= 11 is -4.46. The molecule has 0 saturated carbocycles. The predicted octanol–water partition coefficient (Wildman–Crippen LogP) is 16.6. The summed E-state index contributed by atoms with van der Waals surface area (Å²) in [5.41, 5.74) is 21.6. The Morgan fingerprint density at radius 2 is 0.427 bits per heavy atom. The van der Waals surface area contributed by atoms with Crippen LogP contribution in [0.3, 0.4) is 0 Å². The molecule has 3 heteroatoms. The first-order valence-corrected chi connectivity index (χ1v) is 30.1. The molecule has 12 aromatic carbocycles. The standard InChI is InChI=1S/C72H50GeN2/c1-7-23-51(24-8-1)55-39-43-69-65(47-55)73(67-49-57(41-45-71(67)74(69)59-31-15-5-16-32-59)63-37-21-19-35-61(63)53-27-11-3-12-28-53)66-48-56(52-25-9-2-10-26-52)40-44-70(66)75(60-33-17-6-18-34-60)72-46-42-58(50-68(72)73)64-38-22-20-36-62(64)54-29-13-4-14-30-54/h1-50H. The van der Waals surface area contributed by atoms with Crippen LogP contribution in [-0.2, 0) is 0 Å². The van der Waals surface area contributed by atoms with Crippen molar-refractivity contribution in [3.05, 3.63) is 303 Å². The molecular weight excluding hydrogens is 965 g/mol. The molecule has 2 aliphatic rings. The van der Waals surface area contributed by atoms with Crippen molar-refractivity contribution < 1.29 is 0 Å². The molecule has 0 N–H and O–H groups in total. The molecule has 352 valence electrons. The van der Waals surface area contributed by atoms with E-state index in [9.17, 15) is 0 Å². The van der Waals surface area contributed by atoms with Crippen LogP contribution < -0.4 is 27.4 Å². The molecule has 0 fully saturated rings. The van der Waals surface area contributed by atoms with E-state index in [4.69, 9.17) is 0 Å². The van der Waals surface area contributed by atoms with Gasteiger partial charge < -0.3 is 0 Å². The van der Waals surface area contributed by atoms with Crippen LogP contribution in [0.1, 0.15) is 0 Å². The van der Waals surface area contributed by atoms with Gasteiger partial charge in [0.15, 0.2) is 0 Å². The first kappa shape index (κ1) is 44.5. The summed E-state index contributed by atoms with van der Waals surface area (Å²) < 4.78 is 5.59. The molecule has 75 heavy (non-hydrogen) atoms. The quantitative estimate of drug-likeness (QED) is 0.140. The van der Waals surface area contributed by atoms with Crippen molar-refractivity contribution in [1.82, 2.24) is 0 Å². The minimum atomic E-state index is -4.46. The fourth-order valence-corrected chi connectivity index (χ4v) is 23.8. The molecule has 14 rings (SSSR count). The Labute approximate surface area is 442 Å². The summed E-state index contributed by atoms with van der Waals surface area (Å²) in [6, 6.07) is 113. The number of nitrogens with zero attached hydrogens (tertiary/aromatic N) is 2. The molecule has 0 amide bonds. The maximum atomic E-state index is 2.62. The SMILES string of the molecule is c1ccc(-c2ccc3[c](c2)[Ge]2([c]4cc(-c5ccccc5)ccc4N(c4ccccc4)c4ccc(-c5ccccc5-c5ccccc5)c[c]42)[c]2cc(-c4ccccc4-c4ccccc4)ccc2N3c2ccccc2)cc1. The van der Waals surface area contributed by atoms with Gasteiger partial charge in [0.1, 0.15) is 0 Å². The van der Waals surface area contributed by atoms with Crippen molar-refractivity contribution >= 4 is 65.0 Å². The second-order valence-electron chi connectivity index (χ2n) is 19.6. The van der Waals surface area contributed by atoms with E-state index < -0.39 is 13.3 Å². The Bertz CT molecular complexity index is 3780. The second-order valence-corrected chi connectivity index (χ2v) is 27.2. The third kappa shape index (κ3) is 7.48. The van der Waals surface area contributed by atoms with Crippen molar-refractivity contribution in [3.63, 3.8) is 0 Å². The summed E-state index contributed by atoms with van der Waals surface area (Å²) in [6.45, 7) is 0. The molecule has 2 aliphatic heterocycles. The molecular formula is C72H50GeN2. The number of hydrogen-bond donors (Lipinski definition) is 0. The van der Waals surface area contributed by atoms with Crippen LogP contribution in [0.5, 0.6) is 0 Å². The van der Waals surface area contributed by atoms with Crippen LogP contribution in [0.15, 0.2) is 303 Å². The summed E-state index contributed by atoms with van der Waals surface area (Å²) in [7, 11) is 0. The van der Waals surface area contributed by atoms with E-state index in [0.29, 0.717) is 0 Å². The van der Waals surface area contributed by atoms with Crippen LogP contribution in [0, 0.1) is 0 Å². The summed E-state index contributed by atoms with van der Waals surface area (Å²) in [4.78, 5) is 5.11. The van der Waals surface area contributed by atoms with Gasteiger partial charge in [-0.2, -0.15) is 0 Å². The molecule has 0 bridgehead atoms. The number of para-hydroxylation sites is 2. The number of fused-ring (bicyclic) bond motifs is 8. The van der Waals surface area contributed by atoms with Gasteiger partial charge in [0.05, 0.1) is 0 Å². The Hall–Kier alpha value is -9.22. The molecule has 2 heterocycles. The van der Waals surface area contributed by atoms with E-state index in [2.05, 4.69) is 313 Å². The molecule has 0 radical (unpaired) electrons. The van der Waals surface area contributed by atoms with Crippen molar-refractivity contribution in [2.24, 2.45) is 0 Å². The Morgan fingerprint density at radius 3 is 0.747 bits per heavy atom. The van der Waals surface area contributed by atoms with Crippen LogP contribution in [-0.4, -0.2) is 13.3 Å². The van der Waals surface area contributed by atoms with Crippen LogP contribution in [0.2, 0.25) is 0 Å². The molecule has 0 saturated heterocycles. The summed E-state index contributed by atoms with van der Waals surface area (Å²) in [5.74, 6) is 0. The fourth-order valence-electron chi connectivity index (χ4n) is 12.1. The first-order chi connectivity index (χ1) is 37.2. The Morgan fingerprint density at radius 1 is 0.187 bits per heavy atom. The van der Waals surface area contributed by atoms with Gasteiger partial charge in [-0.1, -0.05) is 0 Å². The summed E-state index contributed by atoms with van der Waals surface area (Å²) in [6.07, 6.45) is 0. The number of rotatable bonds is 8. The van der Waals surface area contributed by atoms with Crippen LogP contribution in [0.4, 0.5) is 34.1 Å². The van der Waals surface area contributed by atoms with Gasteiger partial charge in [-0.25, -0.2) is 0 Å². The predicted molar refractivity (Wildman–Crippen MR) is 319 cm³/mol. The monoisotopic (exact) mass is 1020 g/mol. The van der Waals surface area contributed by atoms with Gasteiger partial charge in [0.2, 0.25) is 0 Å². The van der Waals surface area contributed by atoms with Gasteiger partial charge in [0.25, 0.3) is 0 Å². The number of anilines is 6. The zero-order valence-electron chi connectivity index (χ0n) is 41.3. The number of benzene rings is 12.